The second-order valence-electron chi connectivity index (χ2n) is 6.10. The minimum atomic E-state index is 1.03. The molecule has 0 radical (unpaired) electrons. The summed E-state index contributed by atoms with van der Waals surface area (Å²) in [5.74, 6) is 0. The van der Waals surface area contributed by atoms with Gasteiger partial charge in [0.2, 0.25) is 0 Å². The maximum Gasteiger partial charge on any atom is 0.0890 e. The zero-order valence-corrected chi connectivity index (χ0v) is 11.2. The van der Waals surface area contributed by atoms with E-state index in [1.165, 1.54) is 88.3 Å². The Bertz CT molecular complexity index is 186. The van der Waals surface area contributed by atoms with Gasteiger partial charge in [-0.25, -0.2) is 0 Å². The van der Waals surface area contributed by atoms with E-state index in [4.69, 9.17) is 0 Å². The molecule has 1 aliphatic carbocycles. The van der Waals surface area contributed by atoms with E-state index >= 15 is 0 Å². The summed E-state index contributed by atoms with van der Waals surface area (Å²) >= 11 is 0. The molecule has 0 atom stereocenters. The van der Waals surface area contributed by atoms with Gasteiger partial charge in [-0.1, -0.05) is 26.2 Å². The molecule has 1 aliphatic heterocycles. The lowest BCUT2D eigenvalue weighted by Crippen LogP contribution is -2.53. The standard InChI is InChI=1S/C15H30N/c1-2-12-16(13-8-9-14-16)15-10-6-4-3-5-7-11-15/h15H,2-14H2,1H3/q+1. The Balaban J connectivity index is 1.99. The van der Waals surface area contributed by atoms with Gasteiger partial charge in [-0.2, -0.15) is 0 Å². The van der Waals surface area contributed by atoms with Crippen LogP contribution in [0.1, 0.15) is 71.1 Å². The van der Waals surface area contributed by atoms with Crippen molar-refractivity contribution in [1.29, 1.82) is 0 Å². The molecule has 0 aromatic heterocycles. The predicted molar refractivity (Wildman–Crippen MR) is 70.5 cm³/mol. The zero-order chi connectivity index (χ0) is 11.3. The second-order valence-corrected chi connectivity index (χ2v) is 6.10. The molecule has 2 aliphatic rings. The number of rotatable bonds is 3. The van der Waals surface area contributed by atoms with Gasteiger partial charge in [0.25, 0.3) is 0 Å². The number of hydrogen-bond acceptors (Lipinski definition) is 0. The highest BCUT2D eigenvalue weighted by atomic mass is 15.4. The molecule has 1 saturated carbocycles. The maximum atomic E-state index is 2.38. The molecule has 0 aromatic rings. The van der Waals surface area contributed by atoms with Crippen molar-refractivity contribution in [2.45, 2.75) is 77.2 Å². The highest BCUT2D eigenvalue weighted by Crippen LogP contribution is 2.32. The van der Waals surface area contributed by atoms with E-state index in [2.05, 4.69) is 6.92 Å². The molecule has 0 bridgehead atoms. The van der Waals surface area contributed by atoms with Crippen LogP contribution in [0.3, 0.4) is 0 Å². The number of quaternary nitrogens is 1. The largest absolute Gasteiger partial charge is 0.321 e. The van der Waals surface area contributed by atoms with E-state index in [1.54, 1.807) is 0 Å². The molecule has 0 unspecified atom stereocenters. The lowest BCUT2D eigenvalue weighted by atomic mass is 9.94. The van der Waals surface area contributed by atoms with E-state index in [9.17, 15) is 0 Å². The first kappa shape index (κ1) is 12.4. The Kier molecular flexibility index (Phi) is 4.69. The molecule has 0 spiro atoms. The van der Waals surface area contributed by atoms with E-state index in [1.807, 2.05) is 0 Å². The van der Waals surface area contributed by atoms with Crippen molar-refractivity contribution < 1.29 is 4.48 Å². The predicted octanol–water partition coefficient (Wildman–Crippen LogP) is 4.12. The highest BCUT2D eigenvalue weighted by Gasteiger charge is 2.38. The van der Waals surface area contributed by atoms with Crippen molar-refractivity contribution in [3.8, 4) is 0 Å². The fraction of sp³-hybridized carbons (Fsp3) is 1.00. The first-order valence-electron chi connectivity index (χ1n) is 7.73. The molecule has 0 aromatic carbocycles. The minimum Gasteiger partial charge on any atom is -0.321 e. The molecule has 0 N–H and O–H groups in total. The van der Waals surface area contributed by atoms with Crippen LogP contribution >= 0.6 is 0 Å². The highest BCUT2D eigenvalue weighted by molar-refractivity contribution is 4.69. The normalized spacial score (nSPS) is 27.6. The van der Waals surface area contributed by atoms with E-state index in [-0.39, 0.29) is 0 Å². The molecule has 2 rings (SSSR count). The third-order valence-corrected chi connectivity index (χ3v) is 4.98. The van der Waals surface area contributed by atoms with Gasteiger partial charge in [0.15, 0.2) is 0 Å². The summed E-state index contributed by atoms with van der Waals surface area (Å²) in [7, 11) is 0. The van der Waals surface area contributed by atoms with Gasteiger partial charge in [0.1, 0.15) is 0 Å². The average molecular weight is 224 g/mol. The zero-order valence-electron chi connectivity index (χ0n) is 11.2. The molecule has 16 heavy (non-hydrogen) atoms. The van der Waals surface area contributed by atoms with Gasteiger partial charge < -0.3 is 4.48 Å². The molecular formula is C15H30N+. The van der Waals surface area contributed by atoms with Crippen LogP contribution in [0, 0.1) is 0 Å². The maximum absolute atomic E-state index is 2.38. The molecule has 2 fully saturated rings. The number of hydrogen-bond donors (Lipinski definition) is 0. The third kappa shape index (κ3) is 2.80. The summed E-state index contributed by atoms with van der Waals surface area (Å²) in [4.78, 5) is 0. The molecule has 94 valence electrons. The van der Waals surface area contributed by atoms with Crippen molar-refractivity contribution >= 4 is 0 Å². The fourth-order valence-electron chi connectivity index (χ4n) is 4.16. The van der Waals surface area contributed by atoms with Crippen molar-refractivity contribution in [3.63, 3.8) is 0 Å². The van der Waals surface area contributed by atoms with Crippen LogP contribution in [0.5, 0.6) is 0 Å². The van der Waals surface area contributed by atoms with Crippen molar-refractivity contribution in [3.05, 3.63) is 0 Å². The average Bonchev–Trinajstić information content (AvgIpc) is 2.67. The fourth-order valence-corrected chi connectivity index (χ4v) is 4.16. The van der Waals surface area contributed by atoms with Crippen LogP contribution in [0.4, 0.5) is 0 Å². The Morgan fingerprint density at radius 3 is 1.94 bits per heavy atom. The summed E-state index contributed by atoms with van der Waals surface area (Å²) < 4.78 is 1.51. The Morgan fingerprint density at radius 2 is 1.38 bits per heavy atom. The SMILES string of the molecule is CCC[N+]1(C2CCCCCCC2)CCCC1. The smallest absolute Gasteiger partial charge is 0.0890 e. The molecule has 0 amide bonds. The molecule has 1 heterocycles. The van der Waals surface area contributed by atoms with Crippen LogP contribution in [0.25, 0.3) is 0 Å². The first-order valence-corrected chi connectivity index (χ1v) is 7.73. The topological polar surface area (TPSA) is 0 Å². The van der Waals surface area contributed by atoms with E-state index < -0.39 is 0 Å². The van der Waals surface area contributed by atoms with Gasteiger partial charge in [0.05, 0.1) is 25.7 Å². The Labute approximate surface area is 102 Å². The van der Waals surface area contributed by atoms with Crippen molar-refractivity contribution in [2.24, 2.45) is 0 Å². The molecule has 1 saturated heterocycles. The molecule has 1 heteroatoms. The Morgan fingerprint density at radius 1 is 0.812 bits per heavy atom. The number of likely N-dealkylation sites (tertiary alicyclic amines) is 1. The van der Waals surface area contributed by atoms with Crippen molar-refractivity contribution in [2.75, 3.05) is 19.6 Å². The summed E-state index contributed by atoms with van der Waals surface area (Å²) in [5, 5.41) is 0. The lowest BCUT2D eigenvalue weighted by Gasteiger charge is -2.42. The van der Waals surface area contributed by atoms with E-state index in [0.717, 1.165) is 6.04 Å². The first-order chi connectivity index (χ1) is 7.87. The van der Waals surface area contributed by atoms with Crippen molar-refractivity contribution in [1.82, 2.24) is 0 Å². The van der Waals surface area contributed by atoms with Crippen LogP contribution in [-0.2, 0) is 0 Å². The number of nitrogens with zero attached hydrogens (tertiary/aromatic N) is 1. The van der Waals surface area contributed by atoms with Gasteiger partial charge in [0, 0.05) is 12.8 Å². The molecule has 1 nitrogen and oxygen atoms in total. The van der Waals surface area contributed by atoms with Crippen LogP contribution in [0.2, 0.25) is 0 Å². The second kappa shape index (κ2) is 6.05. The van der Waals surface area contributed by atoms with Gasteiger partial charge in [-0.15, -0.1) is 0 Å². The van der Waals surface area contributed by atoms with Crippen LogP contribution in [-0.4, -0.2) is 30.2 Å². The van der Waals surface area contributed by atoms with Gasteiger partial charge >= 0.3 is 0 Å². The monoisotopic (exact) mass is 224 g/mol. The molecular weight excluding hydrogens is 194 g/mol. The van der Waals surface area contributed by atoms with Gasteiger partial charge in [-0.3, -0.25) is 0 Å². The van der Waals surface area contributed by atoms with E-state index in [0.29, 0.717) is 0 Å². The summed E-state index contributed by atoms with van der Waals surface area (Å²) in [6, 6.07) is 1.03. The minimum absolute atomic E-state index is 1.03. The summed E-state index contributed by atoms with van der Waals surface area (Å²) in [5.41, 5.74) is 0. The summed E-state index contributed by atoms with van der Waals surface area (Å²) in [6.07, 6.45) is 15.0. The van der Waals surface area contributed by atoms with Crippen LogP contribution in [0.15, 0.2) is 0 Å². The third-order valence-electron chi connectivity index (χ3n) is 4.98. The van der Waals surface area contributed by atoms with Crippen LogP contribution < -0.4 is 0 Å². The quantitative estimate of drug-likeness (QED) is 0.633. The Hall–Kier alpha value is -0.0400. The lowest BCUT2D eigenvalue weighted by molar-refractivity contribution is -0.941. The van der Waals surface area contributed by atoms with Gasteiger partial charge in [-0.05, 0) is 32.1 Å². The summed E-state index contributed by atoms with van der Waals surface area (Å²) in [6.45, 7) is 6.84.